The largest absolute Gasteiger partial charge is 0.497 e. The molecular formula is C22H23N5O3. The van der Waals surface area contributed by atoms with Gasteiger partial charge in [-0.1, -0.05) is 36.4 Å². The van der Waals surface area contributed by atoms with Crippen LogP contribution < -0.4 is 15.0 Å². The molecule has 0 bridgehead atoms. The first kappa shape index (κ1) is 19.6. The second-order valence-electron chi connectivity index (χ2n) is 7.22. The van der Waals surface area contributed by atoms with Gasteiger partial charge in [0.05, 0.1) is 12.8 Å². The molecule has 3 aromatic rings. The van der Waals surface area contributed by atoms with Gasteiger partial charge >= 0.3 is 0 Å². The zero-order valence-corrected chi connectivity index (χ0v) is 16.9. The molecule has 0 fully saturated rings. The number of amides is 2. The van der Waals surface area contributed by atoms with E-state index in [2.05, 4.69) is 20.5 Å². The monoisotopic (exact) mass is 405 g/mol. The Morgan fingerprint density at radius 1 is 1.27 bits per heavy atom. The van der Waals surface area contributed by atoms with Gasteiger partial charge in [-0.25, -0.2) is 4.98 Å². The predicted molar refractivity (Wildman–Crippen MR) is 112 cm³/mol. The Labute approximate surface area is 174 Å². The molecule has 0 radical (unpaired) electrons. The highest BCUT2D eigenvalue weighted by atomic mass is 16.5. The Hall–Kier alpha value is -3.68. The Morgan fingerprint density at radius 2 is 2.07 bits per heavy atom. The highest BCUT2D eigenvalue weighted by Crippen LogP contribution is 2.30. The number of hydrogen-bond acceptors (Lipinski definition) is 5. The van der Waals surface area contributed by atoms with Gasteiger partial charge < -0.3 is 15.0 Å². The number of aryl methyl sites for hydroxylation is 1. The van der Waals surface area contributed by atoms with Crippen LogP contribution in [0, 0.1) is 0 Å². The molecule has 4 rings (SSSR count). The lowest BCUT2D eigenvalue weighted by molar-refractivity contribution is -0.120. The molecule has 2 amide bonds. The van der Waals surface area contributed by atoms with Crippen LogP contribution in [0.15, 0.2) is 48.5 Å². The highest BCUT2D eigenvalue weighted by molar-refractivity contribution is 6.02. The molecule has 30 heavy (non-hydrogen) atoms. The van der Waals surface area contributed by atoms with Gasteiger partial charge in [0.15, 0.2) is 0 Å². The molecule has 2 N–H and O–H groups in total. The molecule has 2 aromatic carbocycles. The summed E-state index contributed by atoms with van der Waals surface area (Å²) in [4.78, 5) is 31.5. The van der Waals surface area contributed by atoms with E-state index in [-0.39, 0.29) is 11.7 Å². The molecular weight excluding hydrogens is 382 g/mol. The zero-order valence-electron chi connectivity index (χ0n) is 16.9. The minimum atomic E-state index is -0.656. The number of fused-ring (bicyclic) bond motifs is 1. The average Bonchev–Trinajstić information content (AvgIpc) is 3.20. The van der Waals surface area contributed by atoms with Gasteiger partial charge in [-0.05, 0) is 30.0 Å². The summed E-state index contributed by atoms with van der Waals surface area (Å²) in [5, 5.41) is 9.61. The number of ether oxygens (including phenoxy) is 1. The summed E-state index contributed by atoms with van der Waals surface area (Å²) in [6.45, 7) is 0. The van der Waals surface area contributed by atoms with Crippen LogP contribution in [0.2, 0.25) is 0 Å². The number of aromatic nitrogens is 3. The number of rotatable bonds is 5. The number of carbonyl (C=O) groups excluding carboxylic acids is 2. The van der Waals surface area contributed by atoms with Gasteiger partial charge in [-0.2, -0.15) is 0 Å². The number of likely N-dealkylation sites (N-methyl/N-ethyl adjacent to an activating group) is 1. The second kappa shape index (κ2) is 8.36. The summed E-state index contributed by atoms with van der Waals surface area (Å²) in [5.41, 5.74) is 2.89. The van der Waals surface area contributed by atoms with Crippen LogP contribution in [-0.2, 0) is 17.6 Å². The Balaban J connectivity index is 1.45. The van der Waals surface area contributed by atoms with E-state index in [0.29, 0.717) is 30.8 Å². The third kappa shape index (κ3) is 4.03. The first-order valence-corrected chi connectivity index (χ1v) is 9.75. The lowest BCUT2D eigenvalue weighted by Gasteiger charge is -2.22. The Bertz CT molecular complexity index is 1060. The molecule has 0 spiro atoms. The molecule has 1 aliphatic heterocycles. The molecule has 0 unspecified atom stereocenters. The summed E-state index contributed by atoms with van der Waals surface area (Å²) in [6.07, 6.45) is 1.70. The summed E-state index contributed by atoms with van der Waals surface area (Å²) in [7, 11) is 3.29. The number of methoxy groups -OCH3 is 1. The maximum atomic E-state index is 12.9. The van der Waals surface area contributed by atoms with E-state index in [1.807, 2.05) is 48.5 Å². The Kier molecular flexibility index (Phi) is 5.47. The van der Waals surface area contributed by atoms with Crippen LogP contribution in [0.25, 0.3) is 0 Å². The standard InChI is InChI=1S/C22H23N5O3/c1-27-18-13-16(30-2)10-8-15(18)9-11-17(22(27)29)23-21(28)20-24-19(25-26-20)12-14-6-4-3-5-7-14/h3-8,10,13,17H,9,11-12H2,1-2H3,(H,23,28)(H,24,25,26)/t17-/m1/s1. The predicted octanol–water partition coefficient (Wildman–Crippen LogP) is 2.11. The quantitative estimate of drug-likeness (QED) is 0.677. The first-order valence-electron chi connectivity index (χ1n) is 9.75. The van der Waals surface area contributed by atoms with Crippen LogP contribution in [0.4, 0.5) is 5.69 Å². The maximum Gasteiger partial charge on any atom is 0.291 e. The van der Waals surface area contributed by atoms with E-state index in [1.54, 1.807) is 19.1 Å². The molecule has 2 heterocycles. The van der Waals surface area contributed by atoms with Crippen LogP contribution in [0.5, 0.6) is 5.75 Å². The van der Waals surface area contributed by atoms with Gasteiger partial charge in [0.25, 0.3) is 5.91 Å². The zero-order chi connectivity index (χ0) is 21.1. The van der Waals surface area contributed by atoms with Crippen molar-refractivity contribution in [3.05, 3.63) is 71.3 Å². The molecule has 8 nitrogen and oxygen atoms in total. The van der Waals surface area contributed by atoms with E-state index < -0.39 is 11.9 Å². The molecule has 1 aliphatic rings. The number of nitrogens with one attached hydrogen (secondary N) is 2. The van der Waals surface area contributed by atoms with Crippen molar-refractivity contribution in [2.45, 2.75) is 25.3 Å². The topological polar surface area (TPSA) is 100 Å². The van der Waals surface area contributed by atoms with Gasteiger partial charge in [-0.15, -0.1) is 5.10 Å². The van der Waals surface area contributed by atoms with E-state index in [4.69, 9.17) is 4.74 Å². The van der Waals surface area contributed by atoms with Crippen molar-refractivity contribution in [1.82, 2.24) is 20.5 Å². The van der Waals surface area contributed by atoms with Gasteiger partial charge in [0.2, 0.25) is 11.7 Å². The van der Waals surface area contributed by atoms with Crippen LogP contribution in [0.1, 0.15) is 34.0 Å². The second-order valence-corrected chi connectivity index (χ2v) is 7.22. The normalized spacial score (nSPS) is 16.0. The van der Waals surface area contributed by atoms with Crippen molar-refractivity contribution < 1.29 is 14.3 Å². The van der Waals surface area contributed by atoms with Crippen molar-refractivity contribution in [1.29, 1.82) is 0 Å². The van der Waals surface area contributed by atoms with Gasteiger partial charge in [0.1, 0.15) is 17.6 Å². The maximum absolute atomic E-state index is 12.9. The number of aromatic amines is 1. The molecule has 0 aliphatic carbocycles. The van der Waals surface area contributed by atoms with Gasteiger partial charge in [-0.3, -0.25) is 14.7 Å². The Morgan fingerprint density at radius 3 is 2.83 bits per heavy atom. The van der Waals surface area contributed by atoms with E-state index >= 15 is 0 Å². The lowest BCUT2D eigenvalue weighted by atomic mass is 10.1. The van der Waals surface area contributed by atoms with Crippen molar-refractivity contribution >= 4 is 17.5 Å². The molecule has 154 valence electrons. The van der Waals surface area contributed by atoms with Crippen LogP contribution >= 0.6 is 0 Å². The fraction of sp³-hybridized carbons (Fsp3) is 0.273. The van der Waals surface area contributed by atoms with Crippen LogP contribution in [0.3, 0.4) is 0 Å². The summed E-state index contributed by atoms with van der Waals surface area (Å²) in [6, 6.07) is 14.8. The third-order valence-electron chi connectivity index (χ3n) is 5.24. The fourth-order valence-corrected chi connectivity index (χ4v) is 3.59. The summed E-state index contributed by atoms with van der Waals surface area (Å²) >= 11 is 0. The fourth-order valence-electron chi connectivity index (χ4n) is 3.59. The number of H-pyrrole nitrogens is 1. The van der Waals surface area contributed by atoms with Gasteiger partial charge in [0, 0.05) is 19.5 Å². The molecule has 8 heteroatoms. The van der Waals surface area contributed by atoms with Crippen LogP contribution in [-0.4, -0.2) is 47.2 Å². The molecule has 0 saturated heterocycles. The number of carbonyl (C=O) groups is 2. The smallest absolute Gasteiger partial charge is 0.291 e. The van der Waals surface area contributed by atoms with Crippen molar-refractivity contribution in [3.8, 4) is 5.75 Å². The minimum absolute atomic E-state index is 0.0276. The number of benzene rings is 2. The van der Waals surface area contributed by atoms with Crippen molar-refractivity contribution in [2.24, 2.45) is 0 Å². The minimum Gasteiger partial charge on any atom is -0.497 e. The van der Waals surface area contributed by atoms with E-state index in [1.165, 1.54) is 0 Å². The third-order valence-corrected chi connectivity index (χ3v) is 5.24. The average molecular weight is 405 g/mol. The van der Waals surface area contributed by atoms with E-state index in [0.717, 1.165) is 16.8 Å². The van der Waals surface area contributed by atoms with E-state index in [9.17, 15) is 9.59 Å². The first-order chi connectivity index (χ1) is 14.5. The number of anilines is 1. The number of nitrogens with zero attached hydrogens (tertiary/aromatic N) is 3. The molecule has 1 aromatic heterocycles. The van der Waals surface area contributed by atoms with Crippen molar-refractivity contribution in [2.75, 3.05) is 19.1 Å². The highest BCUT2D eigenvalue weighted by Gasteiger charge is 2.30. The molecule has 1 atom stereocenters. The lowest BCUT2D eigenvalue weighted by Crippen LogP contribution is -2.47. The molecule has 0 saturated carbocycles. The summed E-state index contributed by atoms with van der Waals surface area (Å²) in [5.74, 6) is 0.647. The van der Waals surface area contributed by atoms with Crippen molar-refractivity contribution in [3.63, 3.8) is 0 Å². The SMILES string of the molecule is COc1ccc2c(c1)N(C)C(=O)[C@H](NC(=O)c1n[nH]c(Cc3ccccc3)n1)CC2. The summed E-state index contributed by atoms with van der Waals surface area (Å²) < 4.78 is 5.27. The number of hydrogen-bond donors (Lipinski definition) is 2.